The Morgan fingerprint density at radius 1 is 1.53 bits per heavy atom. The lowest BCUT2D eigenvalue weighted by Crippen LogP contribution is -2.40. The molecule has 0 aromatic carbocycles. The Hall–Kier alpha value is -0.550. The molecule has 0 aliphatic rings. The third-order valence-electron chi connectivity index (χ3n) is 2.54. The van der Waals surface area contributed by atoms with Crippen LogP contribution in [-0.2, 0) is 0 Å². The van der Waals surface area contributed by atoms with E-state index in [4.69, 9.17) is 17.3 Å². The van der Waals surface area contributed by atoms with E-state index < -0.39 is 0 Å². The zero-order valence-electron chi connectivity index (χ0n) is 10.8. The van der Waals surface area contributed by atoms with Gasteiger partial charge in [-0.3, -0.25) is 9.78 Å². The summed E-state index contributed by atoms with van der Waals surface area (Å²) < 4.78 is 0. The first kappa shape index (κ1) is 20.8. The molecular formula is C12H20Cl3N3O. The quantitative estimate of drug-likeness (QED) is 0.843. The fourth-order valence-corrected chi connectivity index (χ4v) is 1.73. The van der Waals surface area contributed by atoms with E-state index in [-0.39, 0.29) is 36.8 Å². The number of hydrogen-bond donors (Lipinski definition) is 2. The molecular weight excluding hydrogens is 309 g/mol. The number of amides is 1. The summed E-state index contributed by atoms with van der Waals surface area (Å²) >= 11 is 5.90. The summed E-state index contributed by atoms with van der Waals surface area (Å²) in [6.07, 6.45) is 6.03. The Morgan fingerprint density at radius 2 is 2.21 bits per heavy atom. The number of rotatable bonds is 6. The predicted octanol–water partition coefficient (Wildman–Crippen LogP) is 2.83. The van der Waals surface area contributed by atoms with Gasteiger partial charge in [0.15, 0.2) is 0 Å². The van der Waals surface area contributed by atoms with Gasteiger partial charge in [-0.05, 0) is 12.5 Å². The van der Waals surface area contributed by atoms with Crippen LogP contribution >= 0.6 is 36.4 Å². The molecule has 0 bridgehead atoms. The van der Waals surface area contributed by atoms with Crippen molar-refractivity contribution in [3.63, 3.8) is 0 Å². The number of halogens is 3. The number of aromatic nitrogens is 1. The first-order valence-corrected chi connectivity index (χ1v) is 6.17. The molecule has 1 unspecified atom stereocenters. The van der Waals surface area contributed by atoms with Crippen LogP contribution in [0.25, 0.3) is 0 Å². The lowest BCUT2D eigenvalue weighted by molar-refractivity contribution is 0.0936. The molecule has 3 N–H and O–H groups in total. The van der Waals surface area contributed by atoms with Gasteiger partial charge < -0.3 is 11.1 Å². The van der Waals surface area contributed by atoms with Crippen molar-refractivity contribution in [3.8, 4) is 0 Å². The van der Waals surface area contributed by atoms with Gasteiger partial charge >= 0.3 is 0 Å². The maximum atomic E-state index is 11.9. The van der Waals surface area contributed by atoms with E-state index >= 15 is 0 Å². The van der Waals surface area contributed by atoms with Crippen LogP contribution in [-0.4, -0.2) is 23.5 Å². The summed E-state index contributed by atoms with van der Waals surface area (Å²) in [5.41, 5.74) is 6.06. The van der Waals surface area contributed by atoms with Crippen LogP contribution in [0, 0.1) is 0 Å². The molecule has 7 heteroatoms. The molecule has 0 saturated heterocycles. The predicted molar refractivity (Wildman–Crippen MR) is 83.6 cm³/mol. The number of carbonyl (C=O) groups is 1. The monoisotopic (exact) mass is 327 g/mol. The number of carbonyl (C=O) groups excluding carboxylic acids is 1. The van der Waals surface area contributed by atoms with Gasteiger partial charge in [-0.25, -0.2) is 0 Å². The van der Waals surface area contributed by atoms with E-state index in [2.05, 4.69) is 17.2 Å². The molecule has 1 aromatic rings. The Bertz CT molecular complexity index is 377. The second kappa shape index (κ2) is 11.3. The summed E-state index contributed by atoms with van der Waals surface area (Å²) in [5, 5.41) is 3.24. The number of nitrogens with two attached hydrogens (primary N) is 1. The van der Waals surface area contributed by atoms with E-state index in [0.29, 0.717) is 17.1 Å². The van der Waals surface area contributed by atoms with Crippen molar-refractivity contribution < 1.29 is 4.79 Å². The second-order valence-corrected chi connectivity index (χ2v) is 4.31. The summed E-state index contributed by atoms with van der Waals surface area (Å²) in [6, 6.07) is 1.61. The van der Waals surface area contributed by atoms with Crippen LogP contribution < -0.4 is 11.1 Å². The van der Waals surface area contributed by atoms with Crippen molar-refractivity contribution in [2.75, 3.05) is 6.54 Å². The molecule has 0 saturated carbocycles. The van der Waals surface area contributed by atoms with Gasteiger partial charge in [-0.15, -0.1) is 24.8 Å². The van der Waals surface area contributed by atoms with Crippen molar-refractivity contribution in [2.24, 2.45) is 5.73 Å². The van der Waals surface area contributed by atoms with Crippen LogP contribution in [0.2, 0.25) is 5.02 Å². The molecule has 1 heterocycles. The lowest BCUT2D eigenvalue weighted by atomic mass is 10.1. The summed E-state index contributed by atoms with van der Waals surface area (Å²) in [7, 11) is 0. The maximum Gasteiger partial charge on any atom is 0.253 e. The van der Waals surface area contributed by atoms with Gasteiger partial charge in [0, 0.05) is 25.0 Å². The molecule has 1 atom stereocenters. The highest BCUT2D eigenvalue weighted by Gasteiger charge is 2.14. The highest BCUT2D eigenvalue weighted by molar-refractivity contribution is 6.33. The molecule has 0 aliphatic carbocycles. The van der Waals surface area contributed by atoms with Gasteiger partial charge in [0.25, 0.3) is 5.91 Å². The molecule has 0 fully saturated rings. The average Bonchev–Trinajstić information content (AvgIpc) is 2.34. The van der Waals surface area contributed by atoms with E-state index in [0.717, 1.165) is 19.3 Å². The Morgan fingerprint density at radius 3 is 2.74 bits per heavy atom. The lowest BCUT2D eigenvalue weighted by Gasteiger charge is -2.16. The third kappa shape index (κ3) is 6.97. The molecule has 4 nitrogen and oxygen atoms in total. The first-order valence-electron chi connectivity index (χ1n) is 5.79. The Labute approximate surface area is 131 Å². The summed E-state index contributed by atoms with van der Waals surface area (Å²) in [5.74, 6) is -0.191. The van der Waals surface area contributed by atoms with Crippen molar-refractivity contribution in [3.05, 3.63) is 29.0 Å². The molecule has 1 aromatic heterocycles. The first-order chi connectivity index (χ1) is 8.19. The van der Waals surface area contributed by atoms with Gasteiger partial charge in [0.2, 0.25) is 0 Å². The van der Waals surface area contributed by atoms with E-state index in [1.807, 2.05) is 0 Å². The standard InChI is InChI=1S/C12H18ClN3O.2ClH/c1-2-3-4-9(7-14)16-12(17)10-5-6-15-8-11(10)13;;/h5-6,8-9H,2-4,7,14H2,1H3,(H,16,17);2*1H. The normalized spacial score (nSPS) is 10.9. The van der Waals surface area contributed by atoms with Crippen molar-refractivity contribution in [1.29, 1.82) is 0 Å². The summed E-state index contributed by atoms with van der Waals surface area (Å²) in [6.45, 7) is 2.55. The van der Waals surface area contributed by atoms with Crippen molar-refractivity contribution in [2.45, 2.75) is 32.2 Å². The molecule has 0 aliphatic heterocycles. The molecule has 1 amide bonds. The average molecular weight is 329 g/mol. The minimum atomic E-state index is -0.191. The minimum Gasteiger partial charge on any atom is -0.348 e. The Kier molecular flexibility index (Phi) is 12.3. The molecule has 1 rings (SSSR count). The van der Waals surface area contributed by atoms with Gasteiger partial charge in [-0.1, -0.05) is 31.4 Å². The molecule has 19 heavy (non-hydrogen) atoms. The Balaban J connectivity index is 0. The number of nitrogens with zero attached hydrogens (tertiary/aromatic N) is 1. The zero-order chi connectivity index (χ0) is 12.7. The molecule has 110 valence electrons. The van der Waals surface area contributed by atoms with Crippen LogP contribution in [0.1, 0.15) is 36.5 Å². The van der Waals surface area contributed by atoms with E-state index in [1.54, 1.807) is 12.3 Å². The smallest absolute Gasteiger partial charge is 0.253 e. The number of nitrogens with one attached hydrogen (secondary N) is 1. The number of hydrogen-bond acceptors (Lipinski definition) is 3. The van der Waals surface area contributed by atoms with Gasteiger partial charge in [-0.2, -0.15) is 0 Å². The topological polar surface area (TPSA) is 68.0 Å². The van der Waals surface area contributed by atoms with Crippen molar-refractivity contribution in [1.82, 2.24) is 10.3 Å². The number of unbranched alkanes of at least 4 members (excludes halogenated alkanes) is 1. The number of pyridine rings is 1. The SMILES string of the molecule is CCCCC(CN)NC(=O)c1ccncc1Cl.Cl.Cl. The maximum absolute atomic E-state index is 11.9. The highest BCUT2D eigenvalue weighted by Crippen LogP contribution is 2.13. The largest absolute Gasteiger partial charge is 0.348 e. The summed E-state index contributed by atoms with van der Waals surface area (Å²) in [4.78, 5) is 15.8. The molecule has 0 radical (unpaired) electrons. The van der Waals surface area contributed by atoms with E-state index in [1.165, 1.54) is 6.20 Å². The van der Waals surface area contributed by atoms with Gasteiger partial charge in [0.1, 0.15) is 0 Å². The van der Waals surface area contributed by atoms with Crippen LogP contribution in [0.4, 0.5) is 0 Å². The van der Waals surface area contributed by atoms with E-state index in [9.17, 15) is 4.79 Å². The van der Waals surface area contributed by atoms with Gasteiger partial charge in [0.05, 0.1) is 10.6 Å². The van der Waals surface area contributed by atoms with Crippen LogP contribution in [0.5, 0.6) is 0 Å². The molecule has 0 spiro atoms. The minimum absolute atomic E-state index is 0. The third-order valence-corrected chi connectivity index (χ3v) is 2.84. The van der Waals surface area contributed by atoms with Crippen molar-refractivity contribution >= 4 is 42.3 Å². The van der Waals surface area contributed by atoms with Crippen LogP contribution in [0.15, 0.2) is 18.5 Å². The highest BCUT2D eigenvalue weighted by atomic mass is 35.5. The fourth-order valence-electron chi connectivity index (χ4n) is 1.52. The fraction of sp³-hybridized carbons (Fsp3) is 0.500. The zero-order valence-corrected chi connectivity index (χ0v) is 13.2. The second-order valence-electron chi connectivity index (χ2n) is 3.90. The van der Waals surface area contributed by atoms with Crippen LogP contribution in [0.3, 0.4) is 0 Å².